The number of anilines is 1. The van der Waals surface area contributed by atoms with Gasteiger partial charge in [-0.2, -0.15) is 13.2 Å². The number of ether oxygens (including phenoxy) is 1. The number of hydrogen-bond donors (Lipinski definition) is 2. The van der Waals surface area contributed by atoms with Crippen molar-refractivity contribution in [1.82, 2.24) is 0 Å². The summed E-state index contributed by atoms with van der Waals surface area (Å²) in [6.45, 7) is -0.882. The molecule has 0 aromatic heterocycles. The molecule has 0 radical (unpaired) electrons. The molecule has 0 heterocycles. The SMILES string of the molecule is O=C(COC(=O)C(O)(c1ccccc1)c1ccccc1)Nc1ccccc1C(F)(F)F. The first-order valence-electron chi connectivity index (χ1n) is 9.19. The van der Waals surface area contributed by atoms with Crippen LogP contribution in [0.25, 0.3) is 0 Å². The van der Waals surface area contributed by atoms with E-state index in [-0.39, 0.29) is 11.1 Å². The minimum atomic E-state index is -4.67. The van der Waals surface area contributed by atoms with Crippen LogP contribution in [-0.2, 0) is 26.1 Å². The molecule has 0 aliphatic carbocycles. The number of esters is 1. The molecule has 0 bridgehead atoms. The summed E-state index contributed by atoms with van der Waals surface area (Å²) in [5.41, 5.74) is -3.26. The molecule has 0 spiro atoms. The van der Waals surface area contributed by atoms with Gasteiger partial charge in [0.25, 0.3) is 5.91 Å². The summed E-state index contributed by atoms with van der Waals surface area (Å²) in [5.74, 6) is -2.11. The molecular weight excluding hydrogens is 411 g/mol. The second-order valence-electron chi connectivity index (χ2n) is 6.61. The van der Waals surface area contributed by atoms with E-state index in [0.29, 0.717) is 0 Å². The van der Waals surface area contributed by atoms with E-state index < -0.39 is 41.5 Å². The van der Waals surface area contributed by atoms with Gasteiger partial charge in [0.2, 0.25) is 5.60 Å². The predicted molar refractivity (Wildman–Crippen MR) is 107 cm³/mol. The molecule has 1 amide bonds. The molecule has 0 saturated carbocycles. The number of halogens is 3. The predicted octanol–water partition coefficient (Wildman–Crippen LogP) is 4.12. The Morgan fingerprint density at radius 1 is 0.806 bits per heavy atom. The van der Waals surface area contributed by atoms with Gasteiger partial charge in [-0.15, -0.1) is 0 Å². The van der Waals surface area contributed by atoms with Gasteiger partial charge in [0.05, 0.1) is 11.3 Å². The Hall–Kier alpha value is -3.65. The smallest absolute Gasteiger partial charge is 0.418 e. The Kier molecular flexibility index (Phi) is 6.41. The minimum absolute atomic E-state index is 0.217. The second kappa shape index (κ2) is 9.01. The number of carbonyl (C=O) groups excluding carboxylic acids is 2. The fraction of sp³-hybridized carbons (Fsp3) is 0.130. The quantitative estimate of drug-likeness (QED) is 0.578. The van der Waals surface area contributed by atoms with E-state index in [1.165, 1.54) is 36.4 Å². The lowest BCUT2D eigenvalue weighted by molar-refractivity contribution is -0.164. The van der Waals surface area contributed by atoms with E-state index in [2.05, 4.69) is 5.32 Å². The third kappa shape index (κ3) is 4.92. The van der Waals surface area contributed by atoms with Crippen LogP contribution >= 0.6 is 0 Å². The van der Waals surface area contributed by atoms with E-state index in [1.54, 1.807) is 36.4 Å². The van der Waals surface area contributed by atoms with Crippen molar-refractivity contribution in [1.29, 1.82) is 0 Å². The van der Waals surface area contributed by atoms with Crippen molar-refractivity contribution in [2.75, 3.05) is 11.9 Å². The first-order valence-corrected chi connectivity index (χ1v) is 9.19. The van der Waals surface area contributed by atoms with Gasteiger partial charge >= 0.3 is 12.1 Å². The lowest BCUT2D eigenvalue weighted by Crippen LogP contribution is -2.40. The first-order chi connectivity index (χ1) is 14.7. The van der Waals surface area contributed by atoms with Crippen molar-refractivity contribution in [3.63, 3.8) is 0 Å². The lowest BCUT2D eigenvalue weighted by atomic mass is 9.86. The maximum absolute atomic E-state index is 13.1. The Morgan fingerprint density at radius 3 is 1.81 bits per heavy atom. The van der Waals surface area contributed by atoms with Crippen LogP contribution in [0.3, 0.4) is 0 Å². The fourth-order valence-electron chi connectivity index (χ4n) is 3.02. The van der Waals surface area contributed by atoms with Crippen LogP contribution in [0.2, 0.25) is 0 Å². The highest BCUT2D eigenvalue weighted by atomic mass is 19.4. The average Bonchev–Trinajstić information content (AvgIpc) is 2.77. The second-order valence-corrected chi connectivity index (χ2v) is 6.61. The molecule has 2 N–H and O–H groups in total. The number of hydrogen-bond acceptors (Lipinski definition) is 4. The molecule has 0 aliphatic heterocycles. The minimum Gasteiger partial charge on any atom is -0.453 e. The van der Waals surface area contributed by atoms with Crippen molar-refractivity contribution in [2.24, 2.45) is 0 Å². The van der Waals surface area contributed by atoms with Gasteiger partial charge in [0, 0.05) is 0 Å². The van der Waals surface area contributed by atoms with Crippen LogP contribution in [-0.4, -0.2) is 23.6 Å². The van der Waals surface area contributed by atoms with E-state index in [4.69, 9.17) is 4.74 Å². The monoisotopic (exact) mass is 429 g/mol. The maximum atomic E-state index is 13.1. The summed E-state index contributed by atoms with van der Waals surface area (Å²) in [6.07, 6.45) is -4.67. The summed E-state index contributed by atoms with van der Waals surface area (Å²) in [4.78, 5) is 25.0. The van der Waals surface area contributed by atoms with Crippen molar-refractivity contribution >= 4 is 17.6 Å². The number of amides is 1. The summed E-state index contributed by atoms with van der Waals surface area (Å²) in [6, 6.07) is 20.4. The molecule has 0 atom stereocenters. The van der Waals surface area contributed by atoms with Crippen LogP contribution in [0, 0.1) is 0 Å². The van der Waals surface area contributed by atoms with E-state index >= 15 is 0 Å². The van der Waals surface area contributed by atoms with Gasteiger partial charge in [0.15, 0.2) is 6.61 Å². The molecule has 0 saturated heterocycles. The number of rotatable bonds is 6. The Morgan fingerprint density at radius 2 is 1.29 bits per heavy atom. The van der Waals surface area contributed by atoms with Crippen molar-refractivity contribution < 1.29 is 32.6 Å². The molecule has 3 aromatic carbocycles. The standard InChI is InChI=1S/C23H18F3NO4/c24-23(25,26)18-13-7-8-14-19(18)27-20(28)15-31-21(29)22(30,16-9-3-1-4-10-16)17-11-5-2-6-12-17/h1-14,30H,15H2,(H,27,28). The molecule has 0 fully saturated rings. The van der Waals surface area contributed by atoms with E-state index in [9.17, 15) is 27.9 Å². The van der Waals surface area contributed by atoms with Crippen LogP contribution in [0.4, 0.5) is 18.9 Å². The van der Waals surface area contributed by atoms with Crippen molar-refractivity contribution in [3.05, 3.63) is 102 Å². The van der Waals surface area contributed by atoms with E-state index in [1.807, 2.05) is 0 Å². The molecular formula is C23H18F3NO4. The molecule has 8 heteroatoms. The molecule has 0 aliphatic rings. The molecule has 160 valence electrons. The van der Waals surface area contributed by atoms with Gasteiger partial charge in [-0.05, 0) is 23.3 Å². The highest BCUT2D eigenvalue weighted by Gasteiger charge is 2.42. The number of carbonyl (C=O) groups is 2. The molecule has 3 aromatic rings. The Labute approximate surface area is 176 Å². The normalized spacial score (nSPS) is 11.6. The van der Waals surface area contributed by atoms with Gasteiger partial charge in [0.1, 0.15) is 0 Å². The average molecular weight is 429 g/mol. The Balaban J connectivity index is 1.78. The third-order valence-corrected chi connectivity index (χ3v) is 4.52. The third-order valence-electron chi connectivity index (χ3n) is 4.52. The van der Waals surface area contributed by atoms with Crippen LogP contribution in [0.15, 0.2) is 84.9 Å². The van der Waals surface area contributed by atoms with Gasteiger partial charge in [-0.3, -0.25) is 4.79 Å². The highest BCUT2D eigenvalue weighted by Crippen LogP contribution is 2.34. The largest absolute Gasteiger partial charge is 0.453 e. The summed E-state index contributed by atoms with van der Waals surface area (Å²) in [5, 5.41) is 13.3. The van der Waals surface area contributed by atoms with Gasteiger partial charge in [-0.25, -0.2) is 4.79 Å². The highest BCUT2D eigenvalue weighted by molar-refractivity contribution is 5.94. The molecule has 3 rings (SSSR count). The van der Waals surface area contributed by atoms with Gasteiger partial charge in [-0.1, -0.05) is 72.8 Å². The fourth-order valence-corrected chi connectivity index (χ4v) is 3.02. The van der Waals surface area contributed by atoms with Crippen LogP contribution < -0.4 is 5.32 Å². The number of nitrogens with one attached hydrogen (secondary N) is 1. The Bertz CT molecular complexity index is 1010. The van der Waals surface area contributed by atoms with Crippen molar-refractivity contribution in [3.8, 4) is 0 Å². The van der Waals surface area contributed by atoms with Crippen molar-refractivity contribution in [2.45, 2.75) is 11.8 Å². The zero-order chi connectivity index (χ0) is 22.5. The molecule has 0 unspecified atom stereocenters. The number of alkyl halides is 3. The van der Waals surface area contributed by atoms with Crippen LogP contribution in [0.5, 0.6) is 0 Å². The summed E-state index contributed by atoms with van der Waals surface area (Å²) < 4.78 is 44.2. The van der Waals surface area contributed by atoms with Crippen LogP contribution in [0.1, 0.15) is 16.7 Å². The molecule has 31 heavy (non-hydrogen) atoms. The summed E-state index contributed by atoms with van der Waals surface area (Å²) in [7, 11) is 0. The number of para-hydroxylation sites is 1. The zero-order valence-corrected chi connectivity index (χ0v) is 16.1. The maximum Gasteiger partial charge on any atom is 0.418 e. The van der Waals surface area contributed by atoms with Gasteiger partial charge < -0.3 is 15.2 Å². The summed E-state index contributed by atoms with van der Waals surface area (Å²) >= 11 is 0. The number of aliphatic hydroxyl groups is 1. The topological polar surface area (TPSA) is 75.6 Å². The number of benzene rings is 3. The molecule has 5 nitrogen and oxygen atoms in total. The lowest BCUT2D eigenvalue weighted by Gasteiger charge is -2.27. The first kappa shape index (κ1) is 22.0. The van der Waals surface area contributed by atoms with E-state index in [0.717, 1.165) is 12.1 Å². The zero-order valence-electron chi connectivity index (χ0n) is 16.1.